The number of benzene rings is 1. The fraction of sp³-hybridized carbons (Fsp3) is 0.400. The molecule has 1 rings (SSSR count). The van der Waals surface area contributed by atoms with Gasteiger partial charge in [0.2, 0.25) is 0 Å². The van der Waals surface area contributed by atoms with Gasteiger partial charge >= 0.3 is 0 Å². The first-order chi connectivity index (χ1) is 6.47. The van der Waals surface area contributed by atoms with E-state index in [0.717, 1.165) is 0 Å². The standard InChI is InChI=1S/C9H13NO4.CH4/c1-10-9(13,14)8(12)6-3-2-4-7(11)5-6;/h2-5,8,10-14H,1H3;1H4. The van der Waals surface area contributed by atoms with Crippen molar-refractivity contribution in [3.63, 3.8) is 0 Å². The summed E-state index contributed by atoms with van der Waals surface area (Å²) in [6, 6.07) is 5.65. The third-order valence-corrected chi connectivity index (χ3v) is 1.94. The van der Waals surface area contributed by atoms with Crippen LogP contribution in [0, 0.1) is 0 Å². The average molecular weight is 215 g/mol. The molecule has 0 aliphatic rings. The molecule has 0 bridgehead atoms. The first-order valence-electron chi connectivity index (χ1n) is 4.08. The second-order valence-electron chi connectivity index (χ2n) is 2.97. The number of likely N-dealkylation sites (N-methyl/N-ethyl adjacent to an activating group) is 1. The highest BCUT2D eigenvalue weighted by atomic mass is 16.5. The minimum absolute atomic E-state index is 0. The summed E-state index contributed by atoms with van der Waals surface area (Å²) in [5.74, 6) is -2.46. The number of nitrogens with one attached hydrogen (secondary N) is 1. The lowest BCUT2D eigenvalue weighted by Crippen LogP contribution is -2.48. The number of hydrogen-bond acceptors (Lipinski definition) is 5. The molecule has 0 aliphatic heterocycles. The fourth-order valence-electron chi connectivity index (χ4n) is 1.06. The summed E-state index contributed by atoms with van der Waals surface area (Å²) in [5, 5.41) is 39.2. The van der Waals surface area contributed by atoms with Crippen LogP contribution in [0.2, 0.25) is 0 Å². The molecule has 0 spiro atoms. The summed E-state index contributed by atoms with van der Waals surface area (Å²) in [5.41, 5.74) is 0.212. The highest BCUT2D eigenvalue weighted by Crippen LogP contribution is 2.24. The van der Waals surface area contributed by atoms with Crippen LogP contribution in [0.3, 0.4) is 0 Å². The molecule has 0 fully saturated rings. The van der Waals surface area contributed by atoms with E-state index in [-0.39, 0.29) is 18.7 Å². The molecule has 5 nitrogen and oxygen atoms in total. The maximum atomic E-state index is 9.50. The van der Waals surface area contributed by atoms with Gasteiger partial charge in [0, 0.05) is 0 Å². The van der Waals surface area contributed by atoms with Crippen LogP contribution in [-0.2, 0) is 0 Å². The van der Waals surface area contributed by atoms with E-state index in [1.54, 1.807) is 0 Å². The van der Waals surface area contributed by atoms with Crippen LogP contribution in [0.25, 0.3) is 0 Å². The molecule has 0 saturated carbocycles. The van der Waals surface area contributed by atoms with Crippen LogP contribution >= 0.6 is 0 Å². The minimum atomic E-state index is -2.41. The van der Waals surface area contributed by atoms with Crippen molar-refractivity contribution in [2.45, 2.75) is 19.4 Å². The number of aromatic hydroxyl groups is 1. The zero-order chi connectivity index (χ0) is 10.8. The molecule has 0 amide bonds. The van der Waals surface area contributed by atoms with E-state index in [4.69, 9.17) is 5.11 Å². The van der Waals surface area contributed by atoms with Gasteiger partial charge in [-0.05, 0) is 24.7 Å². The molecular weight excluding hydrogens is 198 g/mol. The zero-order valence-electron chi connectivity index (χ0n) is 7.68. The summed E-state index contributed by atoms with van der Waals surface area (Å²) in [4.78, 5) is 0. The van der Waals surface area contributed by atoms with E-state index in [9.17, 15) is 15.3 Å². The lowest BCUT2D eigenvalue weighted by Gasteiger charge is -2.26. The van der Waals surface area contributed by atoms with E-state index >= 15 is 0 Å². The van der Waals surface area contributed by atoms with Gasteiger partial charge in [0.05, 0.1) is 0 Å². The van der Waals surface area contributed by atoms with Gasteiger partial charge < -0.3 is 20.4 Å². The maximum Gasteiger partial charge on any atom is 0.253 e. The van der Waals surface area contributed by atoms with Crippen LogP contribution in [-0.4, -0.2) is 33.4 Å². The Morgan fingerprint density at radius 3 is 2.40 bits per heavy atom. The van der Waals surface area contributed by atoms with Gasteiger partial charge in [-0.25, -0.2) is 0 Å². The summed E-state index contributed by atoms with van der Waals surface area (Å²) in [6.07, 6.45) is -1.53. The molecule has 5 N–H and O–H groups in total. The molecule has 0 heterocycles. The molecule has 0 saturated heterocycles. The molecule has 0 aliphatic carbocycles. The summed E-state index contributed by atoms with van der Waals surface area (Å²) < 4.78 is 0. The number of aliphatic hydroxyl groups excluding tert-OH is 1. The predicted molar refractivity (Wildman–Crippen MR) is 56.0 cm³/mol. The molecule has 1 unspecified atom stereocenters. The highest BCUT2D eigenvalue weighted by Gasteiger charge is 2.32. The van der Waals surface area contributed by atoms with Crippen molar-refractivity contribution in [1.82, 2.24) is 5.32 Å². The Bertz CT molecular complexity index is 314. The van der Waals surface area contributed by atoms with E-state index in [2.05, 4.69) is 5.32 Å². The van der Waals surface area contributed by atoms with Crippen LogP contribution in [0.15, 0.2) is 24.3 Å². The van der Waals surface area contributed by atoms with E-state index in [1.165, 1.54) is 31.3 Å². The van der Waals surface area contributed by atoms with Gasteiger partial charge in [-0.2, -0.15) is 0 Å². The Balaban J connectivity index is 0.00000196. The third kappa shape index (κ3) is 3.17. The van der Waals surface area contributed by atoms with Crippen LogP contribution in [0.5, 0.6) is 5.75 Å². The van der Waals surface area contributed by atoms with Crippen LogP contribution < -0.4 is 5.32 Å². The van der Waals surface area contributed by atoms with Crippen molar-refractivity contribution in [2.75, 3.05) is 7.05 Å². The third-order valence-electron chi connectivity index (χ3n) is 1.94. The van der Waals surface area contributed by atoms with E-state index < -0.39 is 12.0 Å². The average Bonchev–Trinajstić information content (AvgIpc) is 2.16. The number of phenols is 1. The lowest BCUT2D eigenvalue weighted by molar-refractivity contribution is -0.244. The van der Waals surface area contributed by atoms with Gasteiger partial charge in [0.1, 0.15) is 11.9 Å². The minimum Gasteiger partial charge on any atom is -0.508 e. The smallest absolute Gasteiger partial charge is 0.253 e. The van der Waals surface area contributed by atoms with Crippen molar-refractivity contribution in [3.8, 4) is 5.75 Å². The molecule has 86 valence electrons. The molecule has 15 heavy (non-hydrogen) atoms. The summed E-state index contributed by atoms with van der Waals surface area (Å²) >= 11 is 0. The molecule has 1 atom stereocenters. The summed E-state index contributed by atoms with van der Waals surface area (Å²) in [6.45, 7) is 0. The molecule has 0 radical (unpaired) electrons. The number of rotatable bonds is 3. The van der Waals surface area contributed by atoms with Crippen molar-refractivity contribution in [2.24, 2.45) is 0 Å². The van der Waals surface area contributed by atoms with Crippen molar-refractivity contribution in [1.29, 1.82) is 0 Å². The van der Waals surface area contributed by atoms with Crippen LogP contribution in [0.4, 0.5) is 0 Å². The summed E-state index contributed by atoms with van der Waals surface area (Å²) in [7, 11) is 1.30. The van der Waals surface area contributed by atoms with Crippen molar-refractivity contribution < 1.29 is 20.4 Å². The second-order valence-corrected chi connectivity index (χ2v) is 2.97. The fourth-order valence-corrected chi connectivity index (χ4v) is 1.06. The largest absolute Gasteiger partial charge is 0.508 e. The van der Waals surface area contributed by atoms with Gasteiger partial charge in [-0.3, -0.25) is 5.32 Å². The normalized spacial score (nSPS) is 13.1. The van der Waals surface area contributed by atoms with Gasteiger partial charge in [0.15, 0.2) is 0 Å². The number of hydrogen-bond donors (Lipinski definition) is 5. The number of phenolic OH excluding ortho intramolecular Hbond substituents is 1. The monoisotopic (exact) mass is 215 g/mol. The Morgan fingerprint density at radius 2 is 1.93 bits per heavy atom. The van der Waals surface area contributed by atoms with Crippen LogP contribution in [0.1, 0.15) is 19.1 Å². The van der Waals surface area contributed by atoms with Gasteiger partial charge in [0.25, 0.3) is 5.91 Å². The van der Waals surface area contributed by atoms with Crippen molar-refractivity contribution in [3.05, 3.63) is 29.8 Å². The first-order valence-corrected chi connectivity index (χ1v) is 4.08. The molecule has 1 aromatic carbocycles. The SMILES string of the molecule is C.CNC(O)(O)C(O)c1cccc(O)c1. The molecule has 1 aromatic rings. The van der Waals surface area contributed by atoms with Crippen molar-refractivity contribution >= 4 is 0 Å². The van der Waals surface area contributed by atoms with Gasteiger partial charge in [-0.15, -0.1) is 0 Å². The maximum absolute atomic E-state index is 9.50. The lowest BCUT2D eigenvalue weighted by atomic mass is 10.1. The predicted octanol–water partition coefficient (Wildman–Crippen LogP) is -0.0805. The van der Waals surface area contributed by atoms with E-state index in [0.29, 0.717) is 0 Å². The molecular formula is C10H17NO4. The van der Waals surface area contributed by atoms with E-state index in [1.807, 2.05) is 0 Å². The molecule has 5 heteroatoms. The Labute approximate surface area is 88.6 Å². The highest BCUT2D eigenvalue weighted by molar-refractivity contribution is 5.29. The topological polar surface area (TPSA) is 93.0 Å². The van der Waals surface area contributed by atoms with Gasteiger partial charge in [-0.1, -0.05) is 19.6 Å². The number of aliphatic hydroxyl groups is 3. The Kier molecular flexibility index (Phi) is 4.70. The Hall–Kier alpha value is -1.14. The zero-order valence-corrected chi connectivity index (χ0v) is 7.68. The first kappa shape index (κ1) is 13.9. The Morgan fingerprint density at radius 1 is 1.33 bits per heavy atom. The second kappa shape index (κ2) is 5.09. The quantitative estimate of drug-likeness (QED) is 0.455. The molecule has 0 aromatic heterocycles.